The third-order valence-electron chi connectivity index (χ3n) is 6.50. The number of methoxy groups -OCH3 is 1. The van der Waals surface area contributed by atoms with Gasteiger partial charge in [-0.05, 0) is 55.8 Å². The predicted octanol–water partition coefficient (Wildman–Crippen LogP) is 3.96. The van der Waals surface area contributed by atoms with Gasteiger partial charge < -0.3 is 19.1 Å². The Balaban J connectivity index is 1.44. The third kappa shape index (κ3) is 5.85. The van der Waals surface area contributed by atoms with E-state index in [-0.39, 0.29) is 12.5 Å². The highest BCUT2D eigenvalue weighted by molar-refractivity contribution is 6.04. The summed E-state index contributed by atoms with van der Waals surface area (Å²) in [5, 5.41) is 13.6. The number of nitrogens with zero attached hydrogens (tertiary/aromatic N) is 4. The van der Waals surface area contributed by atoms with Crippen molar-refractivity contribution in [1.82, 2.24) is 19.4 Å². The zero-order chi connectivity index (χ0) is 26.7. The van der Waals surface area contributed by atoms with Crippen molar-refractivity contribution in [1.29, 1.82) is 0 Å². The number of hydrogen-bond acceptors (Lipinski definition) is 7. The number of carbonyl (C=O) groups excluding carboxylic acids is 1. The Morgan fingerprint density at radius 2 is 1.92 bits per heavy atom. The van der Waals surface area contributed by atoms with E-state index in [1.165, 1.54) is 0 Å². The Hall–Kier alpha value is -3.79. The van der Waals surface area contributed by atoms with Crippen molar-refractivity contribution in [3.05, 3.63) is 71.9 Å². The highest BCUT2D eigenvalue weighted by atomic mass is 16.5. The third-order valence-corrected chi connectivity index (χ3v) is 6.50. The van der Waals surface area contributed by atoms with Crippen molar-refractivity contribution in [3.8, 4) is 17.0 Å². The normalized spacial score (nSPS) is 14.5. The minimum absolute atomic E-state index is 0.269. The number of anilines is 1. The average molecular weight is 516 g/mol. The molecule has 1 aliphatic rings. The number of hydrogen-bond donors (Lipinski definition) is 2. The Kier molecular flexibility index (Phi) is 7.42. The van der Waals surface area contributed by atoms with E-state index in [2.05, 4.69) is 21.3 Å². The molecule has 4 aromatic rings. The Morgan fingerprint density at radius 1 is 1.13 bits per heavy atom. The summed E-state index contributed by atoms with van der Waals surface area (Å²) in [4.78, 5) is 24.9. The van der Waals surface area contributed by atoms with Crippen molar-refractivity contribution in [3.63, 3.8) is 0 Å². The van der Waals surface area contributed by atoms with Gasteiger partial charge in [0.05, 0.1) is 49.2 Å². The molecule has 1 fully saturated rings. The molecule has 0 unspecified atom stereocenters. The van der Waals surface area contributed by atoms with Crippen LogP contribution in [0.5, 0.6) is 5.75 Å². The molecule has 2 N–H and O–H groups in total. The van der Waals surface area contributed by atoms with Crippen molar-refractivity contribution in [2.24, 2.45) is 0 Å². The molecular formula is C29H33N5O4. The molecule has 198 valence electrons. The number of fused-ring (bicyclic) bond motifs is 1. The molecule has 1 aliphatic heterocycles. The van der Waals surface area contributed by atoms with Crippen molar-refractivity contribution >= 4 is 22.9 Å². The number of ether oxygens (including phenoxy) is 2. The van der Waals surface area contributed by atoms with Gasteiger partial charge in [-0.25, -0.2) is 4.98 Å². The molecule has 3 heterocycles. The first-order chi connectivity index (χ1) is 18.3. The van der Waals surface area contributed by atoms with Crippen molar-refractivity contribution in [2.45, 2.75) is 32.5 Å². The number of aliphatic hydroxyl groups is 1. The van der Waals surface area contributed by atoms with Crippen LogP contribution in [-0.4, -0.2) is 69.5 Å². The number of pyridine rings is 1. The Morgan fingerprint density at radius 3 is 2.68 bits per heavy atom. The fourth-order valence-electron chi connectivity index (χ4n) is 4.68. The maximum Gasteiger partial charge on any atom is 0.258 e. The van der Waals surface area contributed by atoms with Gasteiger partial charge >= 0.3 is 0 Å². The lowest BCUT2D eigenvalue weighted by molar-refractivity contribution is 0.0342. The van der Waals surface area contributed by atoms with E-state index in [4.69, 9.17) is 14.5 Å². The van der Waals surface area contributed by atoms with E-state index in [1.54, 1.807) is 39.3 Å². The zero-order valence-electron chi connectivity index (χ0n) is 22.0. The van der Waals surface area contributed by atoms with Gasteiger partial charge in [-0.1, -0.05) is 18.2 Å². The summed E-state index contributed by atoms with van der Waals surface area (Å²) >= 11 is 0. The molecule has 9 heteroatoms. The highest BCUT2D eigenvalue weighted by Crippen LogP contribution is 2.29. The minimum Gasteiger partial charge on any atom is -0.496 e. The van der Waals surface area contributed by atoms with E-state index in [1.807, 2.05) is 41.0 Å². The number of para-hydroxylation sites is 1. The lowest BCUT2D eigenvalue weighted by atomic mass is 10.1. The molecule has 2 aromatic heterocycles. The molecule has 0 saturated carbocycles. The first-order valence-corrected chi connectivity index (χ1v) is 12.7. The largest absolute Gasteiger partial charge is 0.496 e. The monoisotopic (exact) mass is 515 g/mol. The molecule has 0 atom stereocenters. The number of rotatable bonds is 8. The van der Waals surface area contributed by atoms with Gasteiger partial charge in [-0.2, -0.15) is 0 Å². The molecule has 9 nitrogen and oxygen atoms in total. The van der Waals surface area contributed by atoms with Gasteiger partial charge in [0.25, 0.3) is 5.91 Å². The smallest absolute Gasteiger partial charge is 0.258 e. The second kappa shape index (κ2) is 10.9. The number of nitrogens with one attached hydrogen (secondary N) is 1. The maximum absolute atomic E-state index is 13.4. The van der Waals surface area contributed by atoms with Crippen molar-refractivity contribution < 1.29 is 19.4 Å². The molecule has 0 radical (unpaired) electrons. The first-order valence-electron chi connectivity index (χ1n) is 12.7. The van der Waals surface area contributed by atoms with Crippen LogP contribution in [0.3, 0.4) is 0 Å². The maximum atomic E-state index is 13.4. The summed E-state index contributed by atoms with van der Waals surface area (Å²) in [5.41, 5.74) is 3.61. The molecule has 5 rings (SSSR count). The molecule has 1 amide bonds. The number of aromatic nitrogens is 3. The molecule has 0 bridgehead atoms. The lowest BCUT2D eigenvalue weighted by Gasteiger charge is -2.26. The SMILES string of the molecule is COc1ccccc1-c1cc(C(=O)Nc2nc3cc(CN4CCOCC4)ccc3n2CC(C)(C)O)ccn1. The lowest BCUT2D eigenvalue weighted by Crippen LogP contribution is -2.35. The van der Waals surface area contributed by atoms with Crippen LogP contribution in [0.1, 0.15) is 29.8 Å². The van der Waals surface area contributed by atoms with E-state index < -0.39 is 5.60 Å². The van der Waals surface area contributed by atoms with Crippen LogP contribution < -0.4 is 10.1 Å². The van der Waals surface area contributed by atoms with Crippen LogP contribution in [0.25, 0.3) is 22.3 Å². The van der Waals surface area contributed by atoms with Crippen LogP contribution in [0, 0.1) is 0 Å². The molecular weight excluding hydrogens is 482 g/mol. The second-order valence-corrected chi connectivity index (χ2v) is 10.1. The Bertz CT molecular complexity index is 1440. The summed E-state index contributed by atoms with van der Waals surface area (Å²) in [6.45, 7) is 7.83. The number of amides is 1. The van der Waals surface area contributed by atoms with E-state index in [0.717, 1.165) is 55.0 Å². The van der Waals surface area contributed by atoms with Crippen LogP contribution in [0.4, 0.5) is 5.95 Å². The number of benzene rings is 2. The van der Waals surface area contributed by atoms with E-state index in [9.17, 15) is 9.90 Å². The number of imidazole rings is 1. The summed E-state index contributed by atoms with van der Waals surface area (Å²) in [6.07, 6.45) is 1.61. The van der Waals surface area contributed by atoms with Crippen LogP contribution >= 0.6 is 0 Å². The average Bonchev–Trinajstić information content (AvgIpc) is 3.23. The van der Waals surface area contributed by atoms with Gasteiger partial charge in [0.15, 0.2) is 0 Å². The van der Waals surface area contributed by atoms with E-state index in [0.29, 0.717) is 23.0 Å². The summed E-state index contributed by atoms with van der Waals surface area (Å²) in [6, 6.07) is 17.1. The predicted molar refractivity (Wildman–Crippen MR) is 146 cm³/mol. The zero-order valence-corrected chi connectivity index (χ0v) is 22.0. The molecule has 0 aliphatic carbocycles. The molecule has 1 saturated heterocycles. The number of carbonyl (C=O) groups is 1. The van der Waals surface area contributed by atoms with Gasteiger partial charge in [0, 0.05) is 37.0 Å². The fourth-order valence-corrected chi connectivity index (χ4v) is 4.68. The van der Waals surface area contributed by atoms with Crippen LogP contribution in [0.15, 0.2) is 60.8 Å². The summed E-state index contributed by atoms with van der Waals surface area (Å²) in [5.74, 6) is 0.744. The quantitative estimate of drug-likeness (QED) is 0.366. The standard InChI is InChI=1S/C29H33N5O4/c1-29(2,36)19-34-25-9-8-20(18-33-12-14-38-15-13-33)16-24(25)31-28(34)32-27(35)21-10-11-30-23(17-21)22-6-4-5-7-26(22)37-3/h4-11,16-17,36H,12-15,18-19H2,1-3H3,(H,31,32,35). The van der Waals surface area contributed by atoms with Crippen LogP contribution in [-0.2, 0) is 17.8 Å². The molecule has 2 aromatic carbocycles. The second-order valence-electron chi connectivity index (χ2n) is 10.1. The van der Waals surface area contributed by atoms with E-state index >= 15 is 0 Å². The number of morpholine rings is 1. The van der Waals surface area contributed by atoms with Gasteiger partial charge in [0.2, 0.25) is 5.95 Å². The minimum atomic E-state index is -1.01. The molecule has 0 spiro atoms. The van der Waals surface area contributed by atoms with Gasteiger partial charge in [-0.15, -0.1) is 0 Å². The summed E-state index contributed by atoms with van der Waals surface area (Å²) in [7, 11) is 1.61. The van der Waals surface area contributed by atoms with Gasteiger partial charge in [-0.3, -0.25) is 20.0 Å². The highest BCUT2D eigenvalue weighted by Gasteiger charge is 2.22. The Labute approximate surface area is 222 Å². The topological polar surface area (TPSA) is 102 Å². The molecule has 38 heavy (non-hydrogen) atoms. The van der Waals surface area contributed by atoms with Gasteiger partial charge in [0.1, 0.15) is 5.75 Å². The fraction of sp³-hybridized carbons (Fsp3) is 0.345. The summed E-state index contributed by atoms with van der Waals surface area (Å²) < 4.78 is 12.8. The van der Waals surface area contributed by atoms with Crippen LogP contribution in [0.2, 0.25) is 0 Å². The van der Waals surface area contributed by atoms with Crippen molar-refractivity contribution in [2.75, 3.05) is 38.7 Å². The first kappa shape index (κ1) is 25.8.